The number of carbonyl (C=O) groups is 1. The predicted octanol–water partition coefficient (Wildman–Crippen LogP) is 3.52. The van der Waals surface area contributed by atoms with E-state index in [0.29, 0.717) is 18.7 Å². The van der Waals surface area contributed by atoms with Crippen LogP contribution >= 0.6 is 11.3 Å². The molecule has 0 atom stereocenters. The van der Waals surface area contributed by atoms with Crippen molar-refractivity contribution < 1.29 is 13.2 Å². The minimum Gasteiger partial charge on any atom is -0.366 e. The van der Waals surface area contributed by atoms with E-state index < -0.39 is 15.9 Å². The van der Waals surface area contributed by atoms with E-state index in [-0.39, 0.29) is 11.7 Å². The number of amides is 1. The summed E-state index contributed by atoms with van der Waals surface area (Å²) in [6.07, 6.45) is 3.47. The number of aromatic amines is 1. The van der Waals surface area contributed by atoms with Crippen molar-refractivity contribution in [1.29, 1.82) is 0 Å². The number of fused-ring (bicyclic) bond motifs is 1. The van der Waals surface area contributed by atoms with E-state index in [9.17, 15) is 13.2 Å². The van der Waals surface area contributed by atoms with Gasteiger partial charge in [0.25, 0.3) is 5.91 Å². The van der Waals surface area contributed by atoms with Gasteiger partial charge < -0.3 is 20.5 Å². The van der Waals surface area contributed by atoms with Crippen molar-refractivity contribution in [2.75, 3.05) is 53.1 Å². The summed E-state index contributed by atoms with van der Waals surface area (Å²) in [6.45, 7) is 5.59. The largest absolute Gasteiger partial charge is 0.366 e. The molecule has 3 aromatic rings. The quantitative estimate of drug-likeness (QED) is 0.417. The van der Waals surface area contributed by atoms with Gasteiger partial charge in [0.2, 0.25) is 10.0 Å². The maximum atomic E-state index is 12.4. The molecule has 8 nitrogen and oxygen atoms in total. The van der Waals surface area contributed by atoms with Crippen molar-refractivity contribution >= 4 is 38.2 Å². The Morgan fingerprint density at radius 3 is 2.50 bits per heavy atom. The van der Waals surface area contributed by atoms with Crippen LogP contribution in [0.2, 0.25) is 0 Å². The number of piperidine rings is 1. The molecule has 1 aliphatic rings. The zero-order valence-electron chi connectivity index (χ0n) is 21.6. The summed E-state index contributed by atoms with van der Waals surface area (Å²) in [4.78, 5) is 21.4. The van der Waals surface area contributed by atoms with Crippen LogP contribution in [-0.2, 0) is 16.6 Å². The number of aromatic nitrogens is 1. The number of hydrogen-bond donors (Lipinski definition) is 2. The summed E-state index contributed by atoms with van der Waals surface area (Å²) < 4.78 is 26.2. The third kappa shape index (κ3) is 5.84. The molecular formula is C26H37N5O3S2. The summed E-state index contributed by atoms with van der Waals surface area (Å²) >= 11 is 1.72. The molecule has 3 N–H and O–H groups in total. The van der Waals surface area contributed by atoms with Gasteiger partial charge in [-0.3, -0.25) is 4.79 Å². The Hall–Kier alpha value is -2.24. The molecule has 3 heterocycles. The lowest BCUT2D eigenvalue weighted by Gasteiger charge is -2.31. The van der Waals surface area contributed by atoms with Crippen LogP contribution in [0, 0.1) is 0 Å². The first-order valence-electron chi connectivity index (χ1n) is 12.4. The van der Waals surface area contributed by atoms with Crippen LogP contribution in [0.4, 0.5) is 0 Å². The van der Waals surface area contributed by atoms with Gasteiger partial charge in [-0.1, -0.05) is 0 Å². The molecule has 0 saturated carbocycles. The van der Waals surface area contributed by atoms with Gasteiger partial charge >= 0.3 is 0 Å². The van der Waals surface area contributed by atoms with Crippen molar-refractivity contribution in [3.8, 4) is 11.1 Å². The van der Waals surface area contributed by atoms with E-state index in [0.717, 1.165) is 60.1 Å². The number of hydrogen-bond acceptors (Lipinski definition) is 6. The summed E-state index contributed by atoms with van der Waals surface area (Å²) in [6, 6.07) is 6.22. The van der Waals surface area contributed by atoms with Crippen molar-refractivity contribution in [3.05, 3.63) is 45.8 Å². The van der Waals surface area contributed by atoms with E-state index in [1.54, 1.807) is 22.6 Å². The molecule has 196 valence electrons. The molecule has 0 bridgehead atoms. The Morgan fingerprint density at radius 2 is 1.86 bits per heavy atom. The fourth-order valence-corrected chi connectivity index (χ4v) is 7.01. The van der Waals surface area contributed by atoms with Crippen molar-refractivity contribution in [2.45, 2.75) is 32.2 Å². The Balaban J connectivity index is 1.61. The van der Waals surface area contributed by atoms with Gasteiger partial charge in [-0.15, -0.1) is 11.3 Å². The number of carbonyl (C=O) groups excluding carboxylic acids is 1. The van der Waals surface area contributed by atoms with E-state index in [1.165, 1.54) is 4.88 Å². The Bertz CT molecular complexity index is 1320. The standard InChI is InChI=1S/C26H37N5O3S2/c1-5-36(33,34)31-8-6-18(7-9-31)24-15-28-25-22(24)13-19(14-23(25)26(27)32)20-12-21(35-17-20)16-30(4)11-10-29(2)3/h12-15,17-18,28H,5-11,16H2,1-4H3,(H2,27,32). The molecule has 36 heavy (non-hydrogen) atoms. The lowest BCUT2D eigenvalue weighted by molar-refractivity contribution is 0.100. The number of primary amides is 1. The topological polar surface area (TPSA) is 103 Å². The van der Waals surface area contributed by atoms with Crippen molar-refractivity contribution in [2.24, 2.45) is 5.73 Å². The minimum atomic E-state index is -3.17. The average molecular weight is 532 g/mol. The molecule has 0 radical (unpaired) electrons. The Kier molecular flexibility index (Phi) is 8.21. The SMILES string of the molecule is CCS(=O)(=O)N1CCC(c2c[nH]c3c(C(N)=O)cc(-c4csc(CN(C)CCN(C)C)c4)cc23)CC1. The minimum absolute atomic E-state index is 0.129. The third-order valence-corrected chi connectivity index (χ3v) is 9.88. The summed E-state index contributed by atoms with van der Waals surface area (Å²) in [5.41, 5.74) is 10.2. The van der Waals surface area contributed by atoms with Crippen LogP contribution in [0.5, 0.6) is 0 Å². The number of rotatable bonds is 10. The van der Waals surface area contributed by atoms with Crippen LogP contribution in [0.1, 0.15) is 46.5 Å². The van der Waals surface area contributed by atoms with Crippen LogP contribution in [0.15, 0.2) is 29.8 Å². The van der Waals surface area contributed by atoms with Crippen LogP contribution in [-0.4, -0.2) is 86.5 Å². The molecule has 1 aromatic carbocycles. The number of nitrogens with zero attached hydrogens (tertiary/aromatic N) is 3. The van der Waals surface area contributed by atoms with Gasteiger partial charge in [0.15, 0.2) is 0 Å². The number of nitrogens with one attached hydrogen (secondary N) is 1. The van der Waals surface area contributed by atoms with Gasteiger partial charge in [0.05, 0.1) is 16.8 Å². The van der Waals surface area contributed by atoms with Gasteiger partial charge in [-0.2, -0.15) is 0 Å². The molecule has 1 fully saturated rings. The zero-order valence-corrected chi connectivity index (χ0v) is 23.2. The summed E-state index contributed by atoms with van der Waals surface area (Å²) in [5, 5.41) is 3.13. The highest BCUT2D eigenvalue weighted by atomic mass is 32.2. The molecule has 10 heteroatoms. The van der Waals surface area contributed by atoms with Crippen LogP contribution in [0.3, 0.4) is 0 Å². The van der Waals surface area contributed by atoms with Crippen LogP contribution in [0.25, 0.3) is 22.0 Å². The smallest absolute Gasteiger partial charge is 0.250 e. The molecule has 1 saturated heterocycles. The van der Waals surface area contributed by atoms with Gasteiger partial charge in [-0.25, -0.2) is 12.7 Å². The van der Waals surface area contributed by atoms with Crippen molar-refractivity contribution in [1.82, 2.24) is 19.1 Å². The zero-order chi connectivity index (χ0) is 26.0. The molecule has 0 aliphatic carbocycles. The fourth-order valence-electron chi connectivity index (χ4n) is 4.91. The van der Waals surface area contributed by atoms with E-state index in [4.69, 9.17) is 5.73 Å². The van der Waals surface area contributed by atoms with E-state index >= 15 is 0 Å². The lowest BCUT2D eigenvalue weighted by Crippen LogP contribution is -2.38. The highest BCUT2D eigenvalue weighted by Crippen LogP contribution is 2.38. The normalized spacial score (nSPS) is 15.9. The number of sulfonamides is 1. The lowest BCUT2D eigenvalue weighted by atomic mass is 9.88. The Morgan fingerprint density at radius 1 is 1.14 bits per heavy atom. The number of benzene rings is 1. The maximum absolute atomic E-state index is 12.4. The fraction of sp³-hybridized carbons (Fsp3) is 0.500. The summed E-state index contributed by atoms with van der Waals surface area (Å²) in [5.74, 6) is -0.108. The third-order valence-electron chi connectivity index (χ3n) is 7.08. The maximum Gasteiger partial charge on any atom is 0.250 e. The monoisotopic (exact) mass is 531 g/mol. The first kappa shape index (κ1) is 26.8. The first-order chi connectivity index (χ1) is 17.1. The number of H-pyrrole nitrogens is 1. The van der Waals surface area contributed by atoms with E-state index in [1.807, 2.05) is 12.3 Å². The number of likely N-dealkylation sites (N-methyl/N-ethyl adjacent to an activating group) is 2. The number of nitrogens with two attached hydrogens (primary N) is 1. The first-order valence-corrected chi connectivity index (χ1v) is 14.9. The molecule has 4 rings (SSSR count). The molecule has 1 amide bonds. The van der Waals surface area contributed by atoms with Gasteiger partial charge in [-0.05, 0) is 87.1 Å². The highest BCUT2D eigenvalue weighted by molar-refractivity contribution is 7.89. The predicted molar refractivity (Wildman–Crippen MR) is 148 cm³/mol. The average Bonchev–Trinajstić information content (AvgIpc) is 3.49. The molecule has 1 aliphatic heterocycles. The van der Waals surface area contributed by atoms with Gasteiger partial charge in [0.1, 0.15) is 0 Å². The second-order valence-corrected chi connectivity index (χ2v) is 13.2. The van der Waals surface area contributed by atoms with Crippen LogP contribution < -0.4 is 5.73 Å². The second-order valence-electron chi connectivity index (χ2n) is 9.97. The molecular weight excluding hydrogens is 494 g/mol. The molecule has 2 aromatic heterocycles. The highest BCUT2D eigenvalue weighted by Gasteiger charge is 2.29. The molecule has 0 unspecified atom stereocenters. The van der Waals surface area contributed by atoms with E-state index in [2.05, 4.69) is 53.4 Å². The van der Waals surface area contributed by atoms with Gasteiger partial charge in [0, 0.05) is 49.2 Å². The number of thiophene rings is 1. The van der Waals surface area contributed by atoms with Crippen molar-refractivity contribution in [3.63, 3.8) is 0 Å². The summed E-state index contributed by atoms with van der Waals surface area (Å²) in [7, 11) is 3.11. The second kappa shape index (κ2) is 11.0. The molecule has 0 spiro atoms. The Labute approximate surface area is 218 Å².